The number of nitrogens with zero attached hydrogens (tertiary/aromatic N) is 1. The summed E-state index contributed by atoms with van der Waals surface area (Å²) in [4.78, 5) is 24.5. The summed E-state index contributed by atoms with van der Waals surface area (Å²) in [5.74, 6) is 0.0805. The van der Waals surface area contributed by atoms with Gasteiger partial charge in [-0.25, -0.2) is 0 Å². The molecule has 0 fully saturated rings. The molecule has 0 aromatic heterocycles. The van der Waals surface area contributed by atoms with Gasteiger partial charge in [0.25, 0.3) is 0 Å². The molecule has 0 unspecified atom stereocenters. The lowest BCUT2D eigenvalue weighted by molar-refractivity contribution is -0.132. The van der Waals surface area contributed by atoms with E-state index in [2.05, 4.69) is 32.9 Å². The van der Waals surface area contributed by atoms with Gasteiger partial charge in [0.2, 0.25) is 5.91 Å². The molecule has 1 amide bonds. The zero-order valence-corrected chi connectivity index (χ0v) is 12.5. The van der Waals surface area contributed by atoms with Gasteiger partial charge in [-0.2, -0.15) is 0 Å². The third-order valence-corrected chi connectivity index (χ3v) is 3.69. The molecule has 0 N–H and O–H groups in total. The molecule has 0 aliphatic heterocycles. The van der Waals surface area contributed by atoms with Crippen molar-refractivity contribution in [1.82, 2.24) is 4.90 Å². The van der Waals surface area contributed by atoms with Crippen LogP contribution in [0.15, 0.2) is 12.1 Å². The first-order chi connectivity index (χ1) is 8.82. The second kappa shape index (κ2) is 6.50. The molecule has 0 bridgehead atoms. The van der Waals surface area contributed by atoms with Gasteiger partial charge in [-0.1, -0.05) is 12.1 Å². The summed E-state index contributed by atoms with van der Waals surface area (Å²) in [5.41, 5.74) is 4.96. The quantitative estimate of drug-likeness (QED) is 0.817. The van der Waals surface area contributed by atoms with Crippen LogP contribution in [-0.4, -0.2) is 23.6 Å². The van der Waals surface area contributed by atoms with Crippen LogP contribution < -0.4 is 0 Å². The minimum atomic E-state index is 0.0211. The number of rotatable bonds is 5. The molecule has 1 rings (SSSR count). The minimum Gasteiger partial charge on any atom is -0.341 e. The topological polar surface area (TPSA) is 37.4 Å². The summed E-state index contributed by atoms with van der Waals surface area (Å²) in [5, 5.41) is 0. The van der Waals surface area contributed by atoms with Crippen LogP contribution in [0.5, 0.6) is 0 Å². The zero-order valence-electron chi connectivity index (χ0n) is 12.5. The van der Waals surface area contributed by atoms with Gasteiger partial charge in [-0.15, -0.1) is 0 Å². The van der Waals surface area contributed by atoms with Gasteiger partial charge in [0, 0.05) is 26.4 Å². The van der Waals surface area contributed by atoms with E-state index in [0.29, 0.717) is 19.4 Å². The number of carbonyl (C=O) groups is 2. The Morgan fingerprint density at radius 1 is 1.05 bits per heavy atom. The lowest BCUT2D eigenvalue weighted by Crippen LogP contribution is -2.26. The number of hydrogen-bond acceptors (Lipinski definition) is 2. The normalized spacial score (nSPS) is 10.4. The average Bonchev–Trinajstić information content (AvgIpc) is 2.36. The Kier molecular flexibility index (Phi) is 5.28. The Balaban J connectivity index is 2.72. The highest BCUT2D eigenvalue weighted by Crippen LogP contribution is 2.18. The first-order valence-corrected chi connectivity index (χ1v) is 6.62. The second-order valence-corrected chi connectivity index (χ2v) is 5.24. The van der Waals surface area contributed by atoms with Gasteiger partial charge in [0.1, 0.15) is 5.78 Å². The van der Waals surface area contributed by atoms with E-state index in [1.165, 1.54) is 29.2 Å². The SMILES string of the molecule is CC(=O)CCC(=O)N(C)Cc1ccc(C)c(C)c1C. The Morgan fingerprint density at radius 3 is 2.26 bits per heavy atom. The fraction of sp³-hybridized carbons (Fsp3) is 0.500. The van der Waals surface area contributed by atoms with Crippen molar-refractivity contribution in [2.24, 2.45) is 0 Å². The Bertz CT molecular complexity index is 492. The van der Waals surface area contributed by atoms with Crippen LogP contribution in [0.2, 0.25) is 0 Å². The van der Waals surface area contributed by atoms with Gasteiger partial charge in [-0.05, 0) is 49.9 Å². The molecule has 0 radical (unpaired) electrons. The van der Waals surface area contributed by atoms with Crippen molar-refractivity contribution in [2.75, 3.05) is 7.05 Å². The molecule has 1 aromatic rings. The van der Waals surface area contributed by atoms with Crippen LogP contribution in [0, 0.1) is 20.8 Å². The van der Waals surface area contributed by atoms with Crippen LogP contribution in [0.25, 0.3) is 0 Å². The number of aryl methyl sites for hydroxylation is 1. The lowest BCUT2D eigenvalue weighted by Gasteiger charge is -2.19. The number of amides is 1. The van der Waals surface area contributed by atoms with E-state index in [1.54, 1.807) is 11.9 Å². The predicted octanol–water partition coefficient (Wildman–Crippen LogP) is 2.94. The number of benzene rings is 1. The maximum absolute atomic E-state index is 11.9. The van der Waals surface area contributed by atoms with Crippen molar-refractivity contribution in [1.29, 1.82) is 0 Å². The summed E-state index contributed by atoms with van der Waals surface area (Å²) < 4.78 is 0. The average molecular weight is 261 g/mol. The van der Waals surface area contributed by atoms with E-state index < -0.39 is 0 Å². The number of ketones is 1. The summed E-state index contributed by atoms with van der Waals surface area (Å²) in [6, 6.07) is 4.16. The van der Waals surface area contributed by atoms with E-state index in [4.69, 9.17) is 0 Å². The zero-order chi connectivity index (χ0) is 14.6. The monoisotopic (exact) mass is 261 g/mol. The van der Waals surface area contributed by atoms with Gasteiger partial charge in [0.05, 0.1) is 0 Å². The highest BCUT2D eigenvalue weighted by molar-refractivity contribution is 5.83. The van der Waals surface area contributed by atoms with Crippen LogP contribution in [0.3, 0.4) is 0 Å². The molecule has 0 spiro atoms. The minimum absolute atomic E-state index is 0.0211. The summed E-state index contributed by atoms with van der Waals surface area (Å²) >= 11 is 0. The molecular formula is C16H23NO2. The molecule has 3 heteroatoms. The summed E-state index contributed by atoms with van der Waals surface area (Å²) in [7, 11) is 1.79. The largest absolute Gasteiger partial charge is 0.341 e. The van der Waals surface area contributed by atoms with Crippen LogP contribution in [0.1, 0.15) is 42.0 Å². The molecule has 104 valence electrons. The highest BCUT2D eigenvalue weighted by Gasteiger charge is 2.12. The fourth-order valence-electron chi connectivity index (χ4n) is 2.00. The van der Waals surface area contributed by atoms with Gasteiger partial charge in [-0.3, -0.25) is 4.79 Å². The van der Waals surface area contributed by atoms with Gasteiger partial charge in [0.15, 0.2) is 0 Å². The van der Waals surface area contributed by atoms with Crippen molar-refractivity contribution in [3.8, 4) is 0 Å². The van der Waals surface area contributed by atoms with Crippen LogP contribution in [-0.2, 0) is 16.1 Å². The summed E-state index contributed by atoms with van der Waals surface area (Å²) in [6.07, 6.45) is 0.630. The second-order valence-electron chi connectivity index (χ2n) is 5.24. The maximum atomic E-state index is 11.9. The molecular weight excluding hydrogens is 238 g/mol. The standard InChI is InChI=1S/C16H23NO2/c1-11-6-8-15(14(4)13(11)3)10-17(5)16(19)9-7-12(2)18/h6,8H,7,9-10H2,1-5H3. The molecule has 0 saturated carbocycles. The van der Waals surface area contributed by atoms with Gasteiger partial charge >= 0.3 is 0 Å². The molecule has 0 atom stereocenters. The summed E-state index contributed by atoms with van der Waals surface area (Å²) in [6.45, 7) is 8.40. The fourth-order valence-corrected chi connectivity index (χ4v) is 2.00. The first kappa shape index (κ1) is 15.4. The van der Waals surface area contributed by atoms with E-state index in [0.717, 1.165) is 0 Å². The Hall–Kier alpha value is -1.64. The van der Waals surface area contributed by atoms with Crippen LogP contribution >= 0.6 is 0 Å². The number of carbonyl (C=O) groups excluding carboxylic acids is 2. The van der Waals surface area contributed by atoms with E-state index in [9.17, 15) is 9.59 Å². The Labute approximate surface area is 115 Å². The molecule has 0 heterocycles. The smallest absolute Gasteiger partial charge is 0.223 e. The number of Topliss-reactive ketones (excluding diaryl/α,β-unsaturated/α-hetero) is 1. The highest BCUT2D eigenvalue weighted by atomic mass is 16.2. The van der Waals surface area contributed by atoms with Gasteiger partial charge < -0.3 is 9.69 Å². The third kappa shape index (κ3) is 4.19. The first-order valence-electron chi connectivity index (χ1n) is 6.62. The predicted molar refractivity (Wildman–Crippen MR) is 77.0 cm³/mol. The van der Waals surface area contributed by atoms with Crippen molar-refractivity contribution in [3.05, 3.63) is 34.4 Å². The van der Waals surface area contributed by atoms with Crippen molar-refractivity contribution < 1.29 is 9.59 Å². The molecule has 1 aromatic carbocycles. The van der Waals surface area contributed by atoms with E-state index in [-0.39, 0.29) is 11.7 Å². The molecule has 0 aliphatic carbocycles. The molecule has 0 aliphatic rings. The van der Waals surface area contributed by atoms with Crippen molar-refractivity contribution in [2.45, 2.75) is 47.1 Å². The van der Waals surface area contributed by atoms with Crippen LogP contribution in [0.4, 0.5) is 0 Å². The maximum Gasteiger partial charge on any atom is 0.223 e. The van der Waals surface area contributed by atoms with E-state index in [1.807, 2.05) is 0 Å². The lowest BCUT2D eigenvalue weighted by atomic mass is 9.98. The van der Waals surface area contributed by atoms with Crippen molar-refractivity contribution in [3.63, 3.8) is 0 Å². The van der Waals surface area contributed by atoms with Crippen molar-refractivity contribution >= 4 is 11.7 Å². The molecule has 0 saturated heterocycles. The molecule has 19 heavy (non-hydrogen) atoms. The molecule has 3 nitrogen and oxygen atoms in total. The van der Waals surface area contributed by atoms with E-state index >= 15 is 0 Å². The Morgan fingerprint density at radius 2 is 1.68 bits per heavy atom. The number of hydrogen-bond donors (Lipinski definition) is 0. The third-order valence-electron chi connectivity index (χ3n) is 3.69.